The summed E-state index contributed by atoms with van der Waals surface area (Å²) in [4.78, 5) is 104. The minimum absolute atomic E-state index is 0.00472. The molecule has 4 aromatic carbocycles. The molecule has 0 spiro atoms. The highest BCUT2D eigenvalue weighted by Crippen LogP contribution is 2.42. The van der Waals surface area contributed by atoms with Crippen molar-refractivity contribution in [3.63, 3.8) is 0 Å². The maximum absolute atomic E-state index is 14.8. The van der Waals surface area contributed by atoms with E-state index in [1.165, 1.54) is 16.7 Å². The van der Waals surface area contributed by atoms with Crippen LogP contribution in [0.4, 0.5) is 10.6 Å². The Morgan fingerprint density at radius 1 is 0.608 bits per heavy atom. The number of phenols is 1. The lowest BCUT2D eigenvalue weighted by molar-refractivity contribution is -0.133. The molecule has 0 aliphatic carbocycles. The topological polar surface area (TPSA) is 276 Å². The number of hydrogen-bond donors (Lipinski definition) is 7. The van der Waals surface area contributed by atoms with Crippen molar-refractivity contribution in [2.45, 2.75) is 245 Å². The fraction of sp³-hybridized carbons (Fsp3) is 0.558. The van der Waals surface area contributed by atoms with Crippen LogP contribution in [0.2, 0.25) is 41.3 Å². The number of hydrogen-bond acceptors (Lipinski definition) is 15. The Balaban J connectivity index is 1.17. The fourth-order valence-electron chi connectivity index (χ4n) is 11.9. The van der Waals surface area contributed by atoms with Gasteiger partial charge in [-0.05, 0) is 119 Å². The number of nitrogens with zero attached hydrogens (tertiary/aromatic N) is 2. The molecular weight excluding hydrogens is 1360 g/mol. The largest absolute Gasteiger partial charge is 0.508 e. The molecule has 0 saturated carbocycles. The van der Waals surface area contributed by atoms with E-state index in [4.69, 9.17) is 22.8 Å². The smallest absolute Gasteiger partial charge is 0.408 e. The molecule has 2 unspecified atom stereocenters. The van der Waals surface area contributed by atoms with E-state index in [0.29, 0.717) is 30.8 Å². The average Bonchev–Trinajstić information content (AvgIpc) is 0.828. The number of benzene rings is 4. The van der Waals surface area contributed by atoms with Crippen LogP contribution in [0, 0.1) is 17.8 Å². The maximum Gasteiger partial charge on any atom is 0.408 e. The third-order valence-corrected chi connectivity index (χ3v) is 34.6. The third-order valence-electron chi connectivity index (χ3n) is 19.5. The molecule has 21 nitrogen and oxygen atoms in total. The number of rotatable bonds is 34. The van der Waals surface area contributed by atoms with E-state index in [2.05, 4.69) is 150 Å². The van der Waals surface area contributed by atoms with Crippen molar-refractivity contribution in [3.8, 4) is 5.75 Å². The lowest BCUT2D eigenvalue weighted by atomic mass is 9.95. The summed E-state index contributed by atoms with van der Waals surface area (Å²) in [6, 6.07) is 32.8. The van der Waals surface area contributed by atoms with Gasteiger partial charge in [-0.25, -0.2) is 9.59 Å². The number of anilines is 1. The average molecular weight is 1480 g/mol. The van der Waals surface area contributed by atoms with Crippen LogP contribution in [0.3, 0.4) is 0 Å². The van der Waals surface area contributed by atoms with Crippen LogP contribution in [0.15, 0.2) is 132 Å². The standard InChI is InChI=1S/C77H116N8O13SSi3/c1-50(2)42-59(63(98-101(19,20)76(11,12)13)46-66(88)82-64-40-41-85(73(92)83-64)67-49-99-68(96-67)48-95-102(77(14,15)16,57-32-26-22-27-33-57)58-34-28-23-29-35-58)79-70(89)53(7)78-65(87)45-62(97-100(17,18)75(8,9)10)60(43-51(3)4)80-72(91)69(52(5)6)84-71(90)61(44-54-36-38-56(86)39-37-54)81-74(93)94-47-55-30-24-21-25-31-55/h21-41,50-53,59-63,67-69,86H,42-49H2,1-20H3,(H,78,87)(H,79,89)(H,80,91)(H,81,93)(H,84,90)(H,82,83,88,92)/t53-,59+,60+,61-,62+,63+,67?,68?,69-/m0/s1. The highest BCUT2D eigenvalue weighted by molar-refractivity contribution is 8.00. The Morgan fingerprint density at radius 2 is 1.11 bits per heavy atom. The molecule has 9 atom stereocenters. The van der Waals surface area contributed by atoms with Crippen molar-refractivity contribution in [2.24, 2.45) is 17.8 Å². The lowest BCUT2D eigenvalue weighted by Gasteiger charge is -2.43. The second-order valence-electron chi connectivity index (χ2n) is 32.3. The van der Waals surface area contributed by atoms with E-state index in [1.807, 2.05) is 82.3 Å². The van der Waals surface area contributed by atoms with Gasteiger partial charge in [-0.15, -0.1) is 11.8 Å². The summed E-state index contributed by atoms with van der Waals surface area (Å²) >= 11 is 1.57. The Kier molecular flexibility index (Phi) is 30.2. The summed E-state index contributed by atoms with van der Waals surface area (Å²) in [6.45, 7) is 40.9. The second-order valence-corrected chi connectivity index (χ2v) is 47.3. The number of phenolic OH excluding ortho intramolecular Hbond substituents is 1. The number of aromatic hydroxyl groups is 1. The van der Waals surface area contributed by atoms with E-state index >= 15 is 0 Å². The van der Waals surface area contributed by atoms with Gasteiger partial charge < -0.3 is 59.8 Å². The highest BCUT2D eigenvalue weighted by atomic mass is 32.2. The Morgan fingerprint density at radius 3 is 1.59 bits per heavy atom. The van der Waals surface area contributed by atoms with Gasteiger partial charge in [-0.2, -0.15) is 4.98 Å². The van der Waals surface area contributed by atoms with Gasteiger partial charge in [0.1, 0.15) is 48.0 Å². The fourth-order valence-corrected chi connectivity index (χ4v) is 20.3. The number of amides is 6. The minimum Gasteiger partial charge on any atom is -0.508 e. The summed E-state index contributed by atoms with van der Waals surface area (Å²) in [5.41, 5.74) is 0.393. The highest BCUT2D eigenvalue weighted by Gasteiger charge is 2.51. The molecule has 0 radical (unpaired) electrons. The first-order valence-electron chi connectivity index (χ1n) is 35.8. The normalized spacial score (nSPS) is 16.8. The first kappa shape index (κ1) is 84.0. The molecule has 7 N–H and O–H groups in total. The van der Waals surface area contributed by atoms with Crippen molar-refractivity contribution in [2.75, 3.05) is 17.7 Å². The molecule has 6 amide bonds. The van der Waals surface area contributed by atoms with Crippen molar-refractivity contribution in [1.82, 2.24) is 36.1 Å². The molecule has 102 heavy (non-hydrogen) atoms. The van der Waals surface area contributed by atoms with Gasteiger partial charge in [0.2, 0.25) is 29.5 Å². The minimum atomic E-state index is -2.86. The van der Waals surface area contributed by atoms with Crippen LogP contribution < -0.4 is 48.0 Å². The number of thioether (sulfide) groups is 1. The number of aromatic nitrogens is 2. The van der Waals surface area contributed by atoms with Crippen LogP contribution >= 0.6 is 11.8 Å². The van der Waals surface area contributed by atoms with E-state index in [0.717, 1.165) is 15.9 Å². The number of nitrogens with one attached hydrogen (secondary N) is 6. The van der Waals surface area contributed by atoms with E-state index in [-0.39, 0.29) is 69.8 Å². The Labute approximate surface area is 613 Å². The molecule has 1 aliphatic rings. The predicted molar refractivity (Wildman–Crippen MR) is 413 cm³/mol. The number of alkyl carbamates (subject to hydrolysis) is 1. The van der Waals surface area contributed by atoms with Crippen molar-refractivity contribution < 1.29 is 56.6 Å². The molecule has 25 heteroatoms. The van der Waals surface area contributed by atoms with Gasteiger partial charge in [0, 0.05) is 18.4 Å². The monoisotopic (exact) mass is 1480 g/mol. The summed E-state index contributed by atoms with van der Waals surface area (Å²) in [7, 11) is -8.26. The van der Waals surface area contributed by atoms with Gasteiger partial charge in [0.25, 0.3) is 8.32 Å². The molecule has 1 saturated heterocycles. The number of carbonyl (C=O) groups is 6. The zero-order valence-electron chi connectivity index (χ0n) is 63.9. The molecule has 560 valence electrons. The van der Waals surface area contributed by atoms with Crippen molar-refractivity contribution in [3.05, 3.63) is 149 Å². The first-order chi connectivity index (χ1) is 47.6. The van der Waals surface area contributed by atoms with Gasteiger partial charge in [0.05, 0.1) is 43.7 Å². The molecule has 0 bridgehead atoms. The van der Waals surface area contributed by atoms with Gasteiger partial charge in [-0.3, -0.25) is 28.5 Å². The number of carbonyl (C=O) groups excluding carboxylic acids is 6. The SMILES string of the molecule is CC(C)C[C@@H](NC(=O)[C@H](C)NC(=O)C[C@@H](O[Si](C)(C)C(C)(C)C)[C@@H](CC(C)C)NC(=O)[C@@H](NC(=O)[C@H](Cc1ccc(O)cc1)NC(=O)OCc1ccccc1)C(C)C)[C@@H](CC(=O)Nc1ccn(C2CSC(CO[Si](c3ccccc3)(c3ccccc3)C(C)(C)C)O2)c(=O)n1)O[Si](C)(C)C(C)(C)C. The van der Waals surface area contributed by atoms with E-state index in [9.17, 15) is 38.7 Å². The maximum atomic E-state index is 14.8. The van der Waals surface area contributed by atoms with Crippen LogP contribution in [0.5, 0.6) is 5.75 Å². The quantitative estimate of drug-likeness (QED) is 0.0189. The molecule has 1 aliphatic heterocycles. The van der Waals surface area contributed by atoms with Crippen LogP contribution in [-0.4, -0.2) is 135 Å². The Bertz CT molecular complexity index is 3570. The predicted octanol–water partition coefficient (Wildman–Crippen LogP) is 11.9. The van der Waals surface area contributed by atoms with E-state index in [1.54, 1.807) is 69.1 Å². The van der Waals surface area contributed by atoms with Crippen LogP contribution in [0.1, 0.15) is 154 Å². The summed E-state index contributed by atoms with van der Waals surface area (Å²) < 4.78 is 34.8. The Hall–Kier alpha value is -6.98. The van der Waals surface area contributed by atoms with Crippen molar-refractivity contribution in [1.29, 1.82) is 0 Å². The van der Waals surface area contributed by atoms with Crippen molar-refractivity contribution >= 4 is 88.5 Å². The van der Waals surface area contributed by atoms with Gasteiger partial charge in [-0.1, -0.05) is 207 Å². The molecule has 2 heterocycles. The molecule has 5 aromatic rings. The molecule has 6 rings (SSSR count). The number of ether oxygens (including phenoxy) is 2. The zero-order valence-corrected chi connectivity index (χ0v) is 67.7. The van der Waals surface area contributed by atoms with E-state index < -0.39 is 121 Å². The molecule has 1 aromatic heterocycles. The van der Waals surface area contributed by atoms with Crippen LogP contribution in [-0.2, 0) is 59.8 Å². The van der Waals surface area contributed by atoms with Gasteiger partial charge in [0.15, 0.2) is 16.6 Å². The third kappa shape index (κ3) is 24.0. The summed E-state index contributed by atoms with van der Waals surface area (Å²) in [6.07, 6.45) is -1.32. The molecular formula is C77H116N8O13SSi3. The van der Waals surface area contributed by atoms with Crippen LogP contribution in [0.25, 0.3) is 0 Å². The summed E-state index contributed by atoms with van der Waals surface area (Å²) in [5.74, 6) is -2.61. The first-order valence-corrected chi connectivity index (χ1v) is 44.6. The van der Waals surface area contributed by atoms with Gasteiger partial charge >= 0.3 is 11.8 Å². The lowest BCUT2D eigenvalue weighted by Crippen LogP contribution is -2.67. The molecule has 1 fully saturated rings. The zero-order chi connectivity index (χ0) is 75.7. The summed E-state index contributed by atoms with van der Waals surface area (Å²) in [5, 5.41) is 29.2. The second kappa shape index (κ2) is 36.6.